The number of ketones is 1. The summed E-state index contributed by atoms with van der Waals surface area (Å²) in [5, 5.41) is 0. The topological polar surface area (TPSA) is 17.1 Å². The fraction of sp³-hybridized carbons (Fsp3) is 0.957. The van der Waals surface area contributed by atoms with E-state index in [1.54, 1.807) is 0 Å². The van der Waals surface area contributed by atoms with E-state index in [-0.39, 0.29) is 0 Å². The van der Waals surface area contributed by atoms with Gasteiger partial charge in [0.15, 0.2) is 0 Å². The van der Waals surface area contributed by atoms with E-state index in [9.17, 15) is 4.79 Å². The number of alkyl halides is 1. The van der Waals surface area contributed by atoms with Crippen molar-refractivity contribution >= 4 is 17.4 Å². The van der Waals surface area contributed by atoms with Crippen molar-refractivity contribution in [2.75, 3.05) is 5.88 Å². The second-order valence-corrected chi connectivity index (χ2v) is 8.12. The van der Waals surface area contributed by atoms with E-state index >= 15 is 0 Å². The van der Waals surface area contributed by atoms with Crippen molar-refractivity contribution in [3.8, 4) is 0 Å². The lowest BCUT2D eigenvalue weighted by molar-refractivity contribution is -0.119. The molecule has 150 valence electrons. The number of rotatable bonds is 21. The molecule has 0 amide bonds. The average molecular weight is 373 g/mol. The molecule has 0 aliphatic heterocycles. The second kappa shape index (κ2) is 22.0. The van der Waals surface area contributed by atoms with Gasteiger partial charge in [-0.25, -0.2) is 0 Å². The van der Waals surface area contributed by atoms with Gasteiger partial charge >= 0.3 is 0 Å². The molecule has 0 heterocycles. The standard InChI is InChI=1S/C23H45ClO/c1-2-3-4-5-6-8-11-14-17-20-23(25)21-18-15-12-9-7-10-13-16-19-22-24/h2-22H2,1H3. The van der Waals surface area contributed by atoms with E-state index in [1.165, 1.54) is 103 Å². The summed E-state index contributed by atoms with van der Waals surface area (Å²) < 4.78 is 0. The highest BCUT2D eigenvalue weighted by atomic mass is 35.5. The minimum atomic E-state index is 0.504. The highest BCUT2D eigenvalue weighted by molar-refractivity contribution is 6.17. The summed E-state index contributed by atoms with van der Waals surface area (Å²) in [7, 11) is 0. The largest absolute Gasteiger partial charge is 0.300 e. The monoisotopic (exact) mass is 372 g/mol. The molecule has 1 nitrogen and oxygen atoms in total. The SMILES string of the molecule is CCCCCCCCCCCC(=O)CCCCCCCCCCCCl. The molecule has 0 aliphatic carbocycles. The van der Waals surface area contributed by atoms with E-state index in [1.807, 2.05) is 0 Å². The third kappa shape index (κ3) is 21.9. The summed E-state index contributed by atoms with van der Waals surface area (Å²) in [6.07, 6.45) is 25.1. The molecule has 0 atom stereocenters. The zero-order valence-electron chi connectivity index (χ0n) is 17.1. The Bertz CT molecular complexity index is 265. The maximum Gasteiger partial charge on any atom is 0.132 e. The molecule has 0 aromatic heterocycles. The smallest absolute Gasteiger partial charge is 0.132 e. The molecule has 0 aliphatic rings. The Morgan fingerprint density at radius 1 is 0.520 bits per heavy atom. The molecule has 2 heteroatoms. The molecule has 0 saturated carbocycles. The molecule has 0 N–H and O–H groups in total. The number of Topliss-reactive ketones (excluding diaryl/α,β-unsaturated/α-hetero) is 1. The minimum Gasteiger partial charge on any atom is -0.300 e. The molecule has 0 aromatic carbocycles. The number of unbranched alkanes of at least 4 members (excludes halogenated alkanes) is 16. The third-order valence-corrected chi connectivity index (χ3v) is 5.42. The van der Waals surface area contributed by atoms with Crippen LogP contribution >= 0.6 is 11.6 Å². The molecular weight excluding hydrogens is 328 g/mol. The van der Waals surface area contributed by atoms with Crippen LogP contribution in [0.1, 0.15) is 135 Å². The van der Waals surface area contributed by atoms with Crippen molar-refractivity contribution < 1.29 is 4.79 Å². The Labute approximate surface area is 163 Å². The van der Waals surface area contributed by atoms with E-state index in [0.717, 1.165) is 31.6 Å². The zero-order chi connectivity index (χ0) is 18.4. The van der Waals surface area contributed by atoms with Crippen LogP contribution in [-0.4, -0.2) is 11.7 Å². The van der Waals surface area contributed by atoms with Gasteiger partial charge in [0.2, 0.25) is 0 Å². The maximum absolute atomic E-state index is 11.9. The predicted molar refractivity (Wildman–Crippen MR) is 114 cm³/mol. The van der Waals surface area contributed by atoms with Crippen LogP contribution in [-0.2, 0) is 4.79 Å². The van der Waals surface area contributed by atoms with Gasteiger partial charge in [0, 0.05) is 18.7 Å². The number of hydrogen-bond donors (Lipinski definition) is 0. The number of carbonyl (C=O) groups is 1. The van der Waals surface area contributed by atoms with Crippen molar-refractivity contribution in [2.45, 2.75) is 135 Å². The zero-order valence-corrected chi connectivity index (χ0v) is 17.9. The molecular formula is C23H45ClO. The van der Waals surface area contributed by atoms with Crippen molar-refractivity contribution in [1.29, 1.82) is 0 Å². The highest BCUT2D eigenvalue weighted by Gasteiger charge is 2.02. The summed E-state index contributed by atoms with van der Waals surface area (Å²) in [5.41, 5.74) is 0. The van der Waals surface area contributed by atoms with Crippen molar-refractivity contribution in [1.82, 2.24) is 0 Å². The highest BCUT2D eigenvalue weighted by Crippen LogP contribution is 2.13. The Balaban J connectivity index is 3.13. The van der Waals surface area contributed by atoms with Crippen molar-refractivity contribution in [3.63, 3.8) is 0 Å². The lowest BCUT2D eigenvalue weighted by Crippen LogP contribution is -1.97. The van der Waals surface area contributed by atoms with Gasteiger partial charge in [-0.05, 0) is 19.3 Å². The first-order valence-corrected chi connectivity index (χ1v) is 11.9. The van der Waals surface area contributed by atoms with Crippen LogP contribution < -0.4 is 0 Å². The minimum absolute atomic E-state index is 0.504. The lowest BCUT2D eigenvalue weighted by atomic mass is 10.0. The van der Waals surface area contributed by atoms with Gasteiger partial charge in [0.1, 0.15) is 5.78 Å². The van der Waals surface area contributed by atoms with Crippen LogP contribution in [0.15, 0.2) is 0 Å². The summed E-state index contributed by atoms with van der Waals surface area (Å²) >= 11 is 5.67. The molecule has 0 bridgehead atoms. The Kier molecular flexibility index (Phi) is 22.0. The van der Waals surface area contributed by atoms with Crippen LogP contribution in [0, 0.1) is 0 Å². The molecule has 0 rings (SSSR count). The fourth-order valence-electron chi connectivity index (χ4n) is 3.41. The molecule has 0 saturated heterocycles. The van der Waals surface area contributed by atoms with Crippen LogP contribution in [0.5, 0.6) is 0 Å². The van der Waals surface area contributed by atoms with E-state index in [0.29, 0.717) is 5.78 Å². The second-order valence-electron chi connectivity index (χ2n) is 7.74. The molecule has 0 radical (unpaired) electrons. The first kappa shape index (κ1) is 25.0. The van der Waals surface area contributed by atoms with E-state index in [2.05, 4.69) is 6.92 Å². The quantitative estimate of drug-likeness (QED) is 0.145. The fourth-order valence-corrected chi connectivity index (χ4v) is 3.60. The third-order valence-electron chi connectivity index (χ3n) is 5.15. The normalized spacial score (nSPS) is 11.1. The van der Waals surface area contributed by atoms with Gasteiger partial charge in [-0.1, -0.05) is 103 Å². The van der Waals surface area contributed by atoms with Crippen LogP contribution in [0.3, 0.4) is 0 Å². The van der Waals surface area contributed by atoms with Crippen molar-refractivity contribution in [2.24, 2.45) is 0 Å². The van der Waals surface area contributed by atoms with Gasteiger partial charge in [-0.3, -0.25) is 4.79 Å². The molecule has 25 heavy (non-hydrogen) atoms. The van der Waals surface area contributed by atoms with Gasteiger partial charge in [-0.2, -0.15) is 0 Å². The Hall–Kier alpha value is -0.0400. The van der Waals surface area contributed by atoms with Crippen LogP contribution in [0.4, 0.5) is 0 Å². The van der Waals surface area contributed by atoms with E-state index in [4.69, 9.17) is 11.6 Å². The summed E-state index contributed by atoms with van der Waals surface area (Å²) in [5.74, 6) is 1.32. The summed E-state index contributed by atoms with van der Waals surface area (Å²) in [4.78, 5) is 11.9. The maximum atomic E-state index is 11.9. The lowest BCUT2D eigenvalue weighted by Gasteiger charge is -2.03. The molecule has 0 unspecified atom stereocenters. The number of carbonyl (C=O) groups excluding carboxylic acids is 1. The molecule has 0 fully saturated rings. The average Bonchev–Trinajstić information content (AvgIpc) is 2.62. The summed E-state index contributed by atoms with van der Waals surface area (Å²) in [6, 6.07) is 0. The van der Waals surface area contributed by atoms with Gasteiger partial charge in [0.25, 0.3) is 0 Å². The number of hydrogen-bond acceptors (Lipinski definition) is 1. The van der Waals surface area contributed by atoms with E-state index < -0.39 is 0 Å². The van der Waals surface area contributed by atoms with Gasteiger partial charge in [0.05, 0.1) is 0 Å². The van der Waals surface area contributed by atoms with Crippen LogP contribution in [0.2, 0.25) is 0 Å². The van der Waals surface area contributed by atoms with Gasteiger partial charge in [-0.15, -0.1) is 11.6 Å². The van der Waals surface area contributed by atoms with Gasteiger partial charge < -0.3 is 0 Å². The Morgan fingerprint density at radius 2 is 0.840 bits per heavy atom. The Morgan fingerprint density at radius 3 is 1.20 bits per heavy atom. The first-order chi connectivity index (χ1) is 12.3. The summed E-state index contributed by atoms with van der Waals surface area (Å²) in [6.45, 7) is 2.27. The molecule has 0 spiro atoms. The number of halogens is 1. The van der Waals surface area contributed by atoms with Crippen molar-refractivity contribution in [3.05, 3.63) is 0 Å². The first-order valence-electron chi connectivity index (χ1n) is 11.4. The van der Waals surface area contributed by atoms with Crippen LogP contribution in [0.25, 0.3) is 0 Å². The molecule has 0 aromatic rings. The predicted octanol–water partition coefficient (Wildman–Crippen LogP) is 8.62.